The Kier molecular flexibility index (Phi) is 3.42. The molecular formula is C14H16ClN3OS. The smallest absolute Gasteiger partial charge is 0.223 e. The molecule has 1 atom stereocenters. The molecule has 0 aromatic carbocycles. The fourth-order valence-corrected chi connectivity index (χ4v) is 4.04. The van der Waals surface area contributed by atoms with Crippen LogP contribution in [0.15, 0.2) is 0 Å². The van der Waals surface area contributed by atoms with Crippen molar-refractivity contribution in [2.45, 2.75) is 33.7 Å². The van der Waals surface area contributed by atoms with Crippen molar-refractivity contribution < 1.29 is 4.79 Å². The molecule has 0 N–H and O–H groups in total. The highest BCUT2D eigenvalue weighted by Gasteiger charge is 2.27. The van der Waals surface area contributed by atoms with E-state index in [1.54, 1.807) is 11.3 Å². The number of carbonyl (C=O) groups is 1. The average molecular weight is 310 g/mol. The first-order valence-electron chi connectivity index (χ1n) is 6.65. The van der Waals surface area contributed by atoms with E-state index in [1.807, 2.05) is 11.8 Å². The molecule has 1 unspecified atom stereocenters. The fourth-order valence-electron chi connectivity index (χ4n) is 2.61. The summed E-state index contributed by atoms with van der Waals surface area (Å²) in [6.45, 7) is 7.41. The summed E-state index contributed by atoms with van der Waals surface area (Å²) in [5, 5.41) is 1.44. The Bertz CT molecular complexity index is 697. The summed E-state index contributed by atoms with van der Waals surface area (Å²) < 4.78 is 0. The van der Waals surface area contributed by atoms with E-state index in [-0.39, 0.29) is 5.91 Å². The topological polar surface area (TPSA) is 46.1 Å². The highest BCUT2D eigenvalue weighted by atomic mass is 35.5. The Morgan fingerprint density at radius 1 is 1.40 bits per heavy atom. The second kappa shape index (κ2) is 4.97. The lowest BCUT2D eigenvalue weighted by Crippen LogP contribution is -2.25. The predicted octanol–water partition coefficient (Wildman–Crippen LogP) is 3.33. The molecule has 1 aliphatic rings. The first-order valence-corrected chi connectivity index (χ1v) is 7.85. The highest BCUT2D eigenvalue weighted by Crippen LogP contribution is 2.33. The Morgan fingerprint density at radius 3 is 2.80 bits per heavy atom. The number of aryl methyl sites for hydroxylation is 2. The number of likely N-dealkylation sites (tertiary alicyclic amines) is 1. The molecule has 3 heterocycles. The van der Waals surface area contributed by atoms with Gasteiger partial charge in [0.1, 0.15) is 9.98 Å². The summed E-state index contributed by atoms with van der Waals surface area (Å²) in [5.74, 6) is 1.22. The zero-order chi connectivity index (χ0) is 14.4. The molecule has 2 aromatic rings. The van der Waals surface area contributed by atoms with Crippen LogP contribution in [0, 0.1) is 19.8 Å². The molecule has 0 spiro atoms. The van der Waals surface area contributed by atoms with Crippen molar-refractivity contribution in [2.75, 3.05) is 6.54 Å². The zero-order valence-corrected chi connectivity index (χ0v) is 13.3. The normalized spacial score (nSPS) is 19.3. The zero-order valence-electron chi connectivity index (χ0n) is 11.7. The van der Waals surface area contributed by atoms with Crippen molar-refractivity contribution in [3.8, 4) is 0 Å². The number of hydrogen-bond donors (Lipinski definition) is 0. The lowest BCUT2D eigenvalue weighted by atomic mass is 10.2. The number of aromatic nitrogens is 2. The van der Waals surface area contributed by atoms with E-state index in [9.17, 15) is 4.79 Å². The fraction of sp³-hybridized carbons (Fsp3) is 0.500. The number of fused-ring (bicyclic) bond motifs is 1. The molecule has 1 aliphatic heterocycles. The van der Waals surface area contributed by atoms with Crippen LogP contribution in [0.2, 0.25) is 5.15 Å². The van der Waals surface area contributed by atoms with E-state index >= 15 is 0 Å². The number of rotatable bonds is 2. The van der Waals surface area contributed by atoms with Gasteiger partial charge < -0.3 is 4.90 Å². The maximum Gasteiger partial charge on any atom is 0.223 e. The SMILES string of the molecule is Cc1sc2nc(CN3CC(C)CC3=O)nc(Cl)c2c1C. The van der Waals surface area contributed by atoms with Crippen LogP contribution in [0.4, 0.5) is 0 Å². The van der Waals surface area contributed by atoms with Crippen LogP contribution in [0.25, 0.3) is 10.2 Å². The lowest BCUT2D eigenvalue weighted by Gasteiger charge is -2.14. The second-order valence-corrected chi connectivity index (χ2v) is 7.04. The van der Waals surface area contributed by atoms with Gasteiger partial charge in [0.25, 0.3) is 0 Å². The monoisotopic (exact) mass is 309 g/mol. The quantitative estimate of drug-likeness (QED) is 0.799. The number of thiophene rings is 1. The van der Waals surface area contributed by atoms with Gasteiger partial charge in [-0.15, -0.1) is 11.3 Å². The maximum atomic E-state index is 11.8. The molecule has 1 fully saturated rings. The van der Waals surface area contributed by atoms with Crippen molar-refractivity contribution in [1.29, 1.82) is 0 Å². The van der Waals surface area contributed by atoms with E-state index in [1.165, 1.54) is 4.88 Å². The van der Waals surface area contributed by atoms with Gasteiger partial charge in [0.2, 0.25) is 5.91 Å². The van der Waals surface area contributed by atoms with Crippen LogP contribution < -0.4 is 0 Å². The molecule has 20 heavy (non-hydrogen) atoms. The number of carbonyl (C=O) groups excluding carboxylic acids is 1. The molecule has 2 aromatic heterocycles. The highest BCUT2D eigenvalue weighted by molar-refractivity contribution is 7.18. The summed E-state index contributed by atoms with van der Waals surface area (Å²) in [5.41, 5.74) is 1.15. The van der Waals surface area contributed by atoms with E-state index in [4.69, 9.17) is 11.6 Å². The van der Waals surface area contributed by atoms with Crippen LogP contribution in [-0.4, -0.2) is 27.3 Å². The van der Waals surface area contributed by atoms with Gasteiger partial charge in [-0.25, -0.2) is 9.97 Å². The minimum Gasteiger partial charge on any atom is -0.335 e. The van der Waals surface area contributed by atoms with Gasteiger partial charge in [-0.1, -0.05) is 18.5 Å². The van der Waals surface area contributed by atoms with E-state index in [0.29, 0.717) is 29.9 Å². The lowest BCUT2D eigenvalue weighted by molar-refractivity contribution is -0.128. The standard InChI is InChI=1S/C14H16ClN3OS/c1-7-4-11(19)18(5-7)6-10-16-13(15)12-8(2)9(3)20-14(12)17-10/h7H,4-6H2,1-3H3. The van der Waals surface area contributed by atoms with Crippen molar-refractivity contribution in [1.82, 2.24) is 14.9 Å². The van der Waals surface area contributed by atoms with Crippen LogP contribution in [-0.2, 0) is 11.3 Å². The summed E-state index contributed by atoms with van der Waals surface area (Å²) in [6.07, 6.45) is 0.618. The van der Waals surface area contributed by atoms with Crippen LogP contribution in [0.1, 0.15) is 29.6 Å². The first kappa shape index (κ1) is 13.8. The number of halogens is 1. The Hall–Kier alpha value is -1.20. The molecule has 0 radical (unpaired) electrons. The first-order chi connectivity index (χ1) is 9.45. The summed E-state index contributed by atoms with van der Waals surface area (Å²) in [6, 6.07) is 0. The number of amides is 1. The summed E-state index contributed by atoms with van der Waals surface area (Å²) in [4.78, 5) is 24.7. The average Bonchev–Trinajstić information content (AvgIpc) is 2.80. The molecule has 3 rings (SSSR count). The number of nitrogens with zero attached hydrogens (tertiary/aromatic N) is 3. The van der Waals surface area contributed by atoms with Crippen molar-refractivity contribution in [3.63, 3.8) is 0 Å². The molecule has 106 valence electrons. The molecule has 0 bridgehead atoms. The van der Waals surface area contributed by atoms with Gasteiger partial charge in [0.05, 0.1) is 11.9 Å². The largest absolute Gasteiger partial charge is 0.335 e. The van der Waals surface area contributed by atoms with Gasteiger partial charge in [-0.05, 0) is 25.3 Å². The molecule has 0 saturated carbocycles. The molecule has 6 heteroatoms. The second-order valence-electron chi connectivity index (χ2n) is 5.48. The Labute approximate surface area is 126 Å². The molecule has 0 aliphatic carbocycles. The minimum absolute atomic E-state index is 0.177. The van der Waals surface area contributed by atoms with Gasteiger partial charge in [0, 0.05) is 17.8 Å². The van der Waals surface area contributed by atoms with Crippen LogP contribution >= 0.6 is 22.9 Å². The van der Waals surface area contributed by atoms with Crippen LogP contribution in [0.3, 0.4) is 0 Å². The summed E-state index contributed by atoms with van der Waals surface area (Å²) >= 11 is 7.91. The summed E-state index contributed by atoms with van der Waals surface area (Å²) in [7, 11) is 0. The maximum absolute atomic E-state index is 11.8. The Balaban J connectivity index is 1.95. The van der Waals surface area contributed by atoms with Gasteiger partial charge >= 0.3 is 0 Å². The predicted molar refractivity (Wildman–Crippen MR) is 81.1 cm³/mol. The minimum atomic E-state index is 0.177. The van der Waals surface area contributed by atoms with Crippen molar-refractivity contribution in [3.05, 3.63) is 21.4 Å². The molecule has 4 nitrogen and oxygen atoms in total. The van der Waals surface area contributed by atoms with E-state index < -0.39 is 0 Å². The molecular weight excluding hydrogens is 294 g/mol. The van der Waals surface area contributed by atoms with Crippen LogP contribution in [0.5, 0.6) is 0 Å². The van der Waals surface area contributed by atoms with E-state index in [2.05, 4.69) is 23.8 Å². The molecule has 1 amide bonds. The van der Waals surface area contributed by atoms with Gasteiger partial charge in [-0.3, -0.25) is 4.79 Å². The molecule has 1 saturated heterocycles. The van der Waals surface area contributed by atoms with E-state index in [0.717, 1.165) is 22.3 Å². The van der Waals surface area contributed by atoms with Crippen molar-refractivity contribution >= 4 is 39.1 Å². The van der Waals surface area contributed by atoms with Crippen molar-refractivity contribution in [2.24, 2.45) is 5.92 Å². The Morgan fingerprint density at radius 2 is 2.15 bits per heavy atom. The third-order valence-corrected chi connectivity index (χ3v) is 5.15. The third kappa shape index (κ3) is 2.29. The van der Waals surface area contributed by atoms with Gasteiger partial charge in [0.15, 0.2) is 5.82 Å². The van der Waals surface area contributed by atoms with Gasteiger partial charge in [-0.2, -0.15) is 0 Å². The number of hydrogen-bond acceptors (Lipinski definition) is 4. The third-order valence-electron chi connectivity index (χ3n) is 3.77.